The molecule has 1 aliphatic carbocycles. The summed E-state index contributed by atoms with van der Waals surface area (Å²) in [6.45, 7) is 0.669. The monoisotopic (exact) mass is 268 g/mol. The molecule has 2 nitrogen and oxygen atoms in total. The van der Waals surface area contributed by atoms with Crippen LogP contribution in [0, 0.1) is 17.2 Å². The molecule has 2 rings (SSSR count). The number of nitrogens with zero attached hydrogens (tertiary/aromatic N) is 1. The second kappa shape index (κ2) is 5.73. The maximum Gasteiger partial charge on any atom is 0.0672 e. The fraction of sp³-hybridized carbons (Fsp3) is 0.462. The lowest BCUT2D eigenvalue weighted by Gasteiger charge is -2.16. The number of hydrogen-bond acceptors (Lipinski definition) is 2. The van der Waals surface area contributed by atoms with Gasteiger partial charge in [0.2, 0.25) is 0 Å². The van der Waals surface area contributed by atoms with E-state index in [1.807, 2.05) is 12.1 Å². The van der Waals surface area contributed by atoms with Crippen LogP contribution in [-0.4, -0.2) is 6.04 Å². The molecule has 0 saturated heterocycles. The maximum atomic E-state index is 9.00. The summed E-state index contributed by atoms with van der Waals surface area (Å²) < 4.78 is 0. The van der Waals surface area contributed by atoms with Crippen molar-refractivity contribution in [3.63, 3.8) is 0 Å². The summed E-state index contributed by atoms with van der Waals surface area (Å²) >= 11 is 12.1. The van der Waals surface area contributed by atoms with E-state index >= 15 is 0 Å². The zero-order valence-electron chi connectivity index (χ0n) is 9.42. The minimum Gasteiger partial charge on any atom is -0.309 e. The first-order valence-corrected chi connectivity index (χ1v) is 6.54. The average molecular weight is 269 g/mol. The summed E-state index contributed by atoms with van der Waals surface area (Å²) in [5, 5.41) is 13.6. The van der Waals surface area contributed by atoms with Crippen LogP contribution in [0.3, 0.4) is 0 Å². The first-order chi connectivity index (χ1) is 8.22. The van der Waals surface area contributed by atoms with Gasteiger partial charge in [-0.25, -0.2) is 0 Å². The highest BCUT2D eigenvalue weighted by Crippen LogP contribution is 2.28. The molecule has 0 bridgehead atoms. The van der Waals surface area contributed by atoms with Gasteiger partial charge in [-0.15, -0.1) is 0 Å². The van der Waals surface area contributed by atoms with Crippen LogP contribution in [-0.2, 0) is 6.54 Å². The topological polar surface area (TPSA) is 35.8 Å². The van der Waals surface area contributed by atoms with Crippen molar-refractivity contribution in [2.45, 2.75) is 31.8 Å². The molecule has 1 saturated carbocycles. The normalized spacial score (nSPS) is 23.6. The predicted molar refractivity (Wildman–Crippen MR) is 70.0 cm³/mol. The van der Waals surface area contributed by atoms with Gasteiger partial charge >= 0.3 is 0 Å². The Kier molecular flexibility index (Phi) is 4.28. The van der Waals surface area contributed by atoms with E-state index in [0.717, 1.165) is 24.8 Å². The summed E-state index contributed by atoms with van der Waals surface area (Å²) in [4.78, 5) is 0. The van der Waals surface area contributed by atoms with Gasteiger partial charge in [-0.3, -0.25) is 0 Å². The molecule has 1 N–H and O–H groups in total. The molecular formula is C13H14Cl2N2. The minimum absolute atomic E-state index is 0.132. The van der Waals surface area contributed by atoms with Crippen molar-refractivity contribution in [2.75, 3.05) is 0 Å². The van der Waals surface area contributed by atoms with E-state index in [2.05, 4.69) is 11.4 Å². The maximum absolute atomic E-state index is 9.00. The first kappa shape index (κ1) is 12.7. The lowest BCUT2D eigenvalue weighted by molar-refractivity contribution is 0.464. The Morgan fingerprint density at radius 3 is 2.94 bits per heavy atom. The molecule has 1 aromatic rings. The first-order valence-electron chi connectivity index (χ1n) is 5.78. The van der Waals surface area contributed by atoms with E-state index in [9.17, 15) is 0 Å². The van der Waals surface area contributed by atoms with Gasteiger partial charge in [0.15, 0.2) is 0 Å². The second-order valence-electron chi connectivity index (χ2n) is 4.37. The summed E-state index contributed by atoms with van der Waals surface area (Å²) in [5.41, 5.74) is 0.989. The molecule has 0 aliphatic heterocycles. The van der Waals surface area contributed by atoms with Gasteiger partial charge in [-0.1, -0.05) is 41.8 Å². The Morgan fingerprint density at radius 1 is 1.35 bits per heavy atom. The average Bonchev–Trinajstić information content (AvgIpc) is 2.78. The van der Waals surface area contributed by atoms with Crippen LogP contribution in [0.15, 0.2) is 18.2 Å². The molecule has 1 aliphatic rings. The third-order valence-corrected chi connectivity index (χ3v) is 4.13. The van der Waals surface area contributed by atoms with E-state index in [-0.39, 0.29) is 12.0 Å². The number of hydrogen-bond donors (Lipinski definition) is 1. The summed E-state index contributed by atoms with van der Waals surface area (Å²) in [6, 6.07) is 8.27. The van der Waals surface area contributed by atoms with E-state index in [1.54, 1.807) is 6.07 Å². The zero-order chi connectivity index (χ0) is 12.3. The molecule has 2 unspecified atom stereocenters. The molecule has 0 heterocycles. The molecule has 2 atom stereocenters. The van der Waals surface area contributed by atoms with Crippen molar-refractivity contribution in [3.8, 4) is 6.07 Å². The number of benzene rings is 1. The molecule has 90 valence electrons. The van der Waals surface area contributed by atoms with Crippen LogP contribution in [0.4, 0.5) is 0 Å². The van der Waals surface area contributed by atoms with Crippen molar-refractivity contribution in [2.24, 2.45) is 5.92 Å². The number of nitriles is 1. The SMILES string of the molecule is N#CC1CCCC1NCc1cccc(Cl)c1Cl. The van der Waals surface area contributed by atoms with Crippen molar-refractivity contribution >= 4 is 23.2 Å². The molecular weight excluding hydrogens is 255 g/mol. The van der Waals surface area contributed by atoms with Crippen LogP contribution in [0.25, 0.3) is 0 Å². The van der Waals surface area contributed by atoms with Gasteiger partial charge in [0.25, 0.3) is 0 Å². The van der Waals surface area contributed by atoms with E-state index in [1.165, 1.54) is 0 Å². The van der Waals surface area contributed by atoms with Gasteiger partial charge < -0.3 is 5.32 Å². The molecule has 1 fully saturated rings. The Balaban J connectivity index is 1.98. The van der Waals surface area contributed by atoms with E-state index in [0.29, 0.717) is 16.6 Å². The molecule has 0 aromatic heterocycles. The number of halogens is 2. The third-order valence-electron chi connectivity index (χ3n) is 3.27. The van der Waals surface area contributed by atoms with Gasteiger partial charge in [0, 0.05) is 12.6 Å². The standard InChI is InChI=1S/C13H14Cl2N2/c14-11-5-1-4-10(13(11)15)8-17-12-6-2-3-9(12)7-16/h1,4-5,9,12,17H,2-3,6,8H2. The predicted octanol–water partition coefficient (Wildman–Crippen LogP) is 3.78. The van der Waals surface area contributed by atoms with Crippen LogP contribution in [0.1, 0.15) is 24.8 Å². The summed E-state index contributed by atoms with van der Waals surface area (Å²) in [5.74, 6) is 0.132. The van der Waals surface area contributed by atoms with Crippen LogP contribution < -0.4 is 5.32 Å². The minimum atomic E-state index is 0.132. The van der Waals surface area contributed by atoms with E-state index in [4.69, 9.17) is 28.5 Å². The van der Waals surface area contributed by atoms with Gasteiger partial charge in [0.05, 0.1) is 22.0 Å². The highest BCUT2D eigenvalue weighted by Gasteiger charge is 2.26. The smallest absolute Gasteiger partial charge is 0.0672 e. The quantitative estimate of drug-likeness (QED) is 0.906. The highest BCUT2D eigenvalue weighted by molar-refractivity contribution is 6.42. The fourth-order valence-electron chi connectivity index (χ4n) is 2.28. The third kappa shape index (κ3) is 2.93. The Hall–Kier alpha value is -0.750. The highest BCUT2D eigenvalue weighted by atomic mass is 35.5. The lowest BCUT2D eigenvalue weighted by Crippen LogP contribution is -2.31. The van der Waals surface area contributed by atoms with Crippen molar-refractivity contribution in [1.29, 1.82) is 5.26 Å². The van der Waals surface area contributed by atoms with Crippen molar-refractivity contribution < 1.29 is 0 Å². The molecule has 4 heteroatoms. The molecule has 0 spiro atoms. The Morgan fingerprint density at radius 2 is 2.18 bits per heavy atom. The van der Waals surface area contributed by atoms with Crippen LogP contribution in [0.2, 0.25) is 10.0 Å². The molecule has 1 aromatic carbocycles. The molecule has 0 radical (unpaired) electrons. The summed E-state index contributed by atoms with van der Waals surface area (Å²) in [6.07, 6.45) is 3.19. The van der Waals surface area contributed by atoms with Crippen LogP contribution >= 0.6 is 23.2 Å². The Labute approximate surface area is 112 Å². The van der Waals surface area contributed by atoms with Gasteiger partial charge in [0.1, 0.15) is 0 Å². The molecule has 0 amide bonds. The van der Waals surface area contributed by atoms with E-state index < -0.39 is 0 Å². The number of nitrogens with one attached hydrogen (secondary N) is 1. The largest absolute Gasteiger partial charge is 0.309 e. The number of rotatable bonds is 3. The zero-order valence-corrected chi connectivity index (χ0v) is 10.9. The lowest BCUT2D eigenvalue weighted by atomic mass is 10.1. The van der Waals surface area contributed by atoms with Crippen molar-refractivity contribution in [1.82, 2.24) is 5.32 Å². The Bertz CT molecular complexity index is 440. The summed E-state index contributed by atoms with van der Waals surface area (Å²) in [7, 11) is 0. The van der Waals surface area contributed by atoms with Crippen LogP contribution in [0.5, 0.6) is 0 Å². The van der Waals surface area contributed by atoms with Crippen molar-refractivity contribution in [3.05, 3.63) is 33.8 Å². The molecule has 17 heavy (non-hydrogen) atoms. The fourth-order valence-corrected chi connectivity index (χ4v) is 2.67. The second-order valence-corrected chi connectivity index (χ2v) is 5.15. The van der Waals surface area contributed by atoms with Gasteiger partial charge in [-0.2, -0.15) is 5.26 Å². The van der Waals surface area contributed by atoms with Gasteiger partial charge in [-0.05, 0) is 24.5 Å².